The minimum Gasteiger partial charge on any atom is -0.319 e. The number of hydrogen-bond acceptors (Lipinski definition) is 5. The molecule has 0 bridgehead atoms. The van der Waals surface area contributed by atoms with E-state index in [1.165, 1.54) is 16.8 Å². The Morgan fingerprint density at radius 3 is 2.95 bits per heavy atom. The first-order valence-electron chi connectivity index (χ1n) is 5.76. The zero-order chi connectivity index (χ0) is 13.8. The van der Waals surface area contributed by atoms with Crippen molar-refractivity contribution in [1.82, 2.24) is 9.99 Å². The van der Waals surface area contributed by atoms with Crippen LogP contribution in [0.1, 0.15) is 12.8 Å². The van der Waals surface area contributed by atoms with E-state index in [0.29, 0.717) is 24.2 Å². The number of hydrogen-bond donors (Lipinski definition) is 1. The fraction of sp³-hybridized carbons (Fsp3) is 0.333. The summed E-state index contributed by atoms with van der Waals surface area (Å²) < 4.78 is 0. The second kappa shape index (κ2) is 5.83. The molecule has 0 atom stereocenters. The van der Waals surface area contributed by atoms with Crippen LogP contribution in [0.5, 0.6) is 0 Å². The highest BCUT2D eigenvalue weighted by Crippen LogP contribution is 2.22. The Kier molecular flexibility index (Phi) is 4.16. The summed E-state index contributed by atoms with van der Waals surface area (Å²) in [5.74, 6) is -0.370. The van der Waals surface area contributed by atoms with Crippen LogP contribution in [-0.2, 0) is 9.59 Å². The highest BCUT2D eigenvalue weighted by molar-refractivity contribution is 7.98. The maximum absolute atomic E-state index is 12.1. The second-order valence-corrected chi connectivity index (χ2v) is 4.77. The summed E-state index contributed by atoms with van der Waals surface area (Å²) in [7, 11) is 1.55. The Morgan fingerprint density at radius 2 is 2.26 bits per heavy atom. The molecule has 0 spiro atoms. The molecule has 7 heteroatoms. The Hall–Kier alpha value is -1.89. The SMILES string of the molecule is CSc1ncccc1NC(=O)C1=NN(C)C(=O)CC1. The van der Waals surface area contributed by atoms with Crippen molar-refractivity contribution in [2.24, 2.45) is 5.10 Å². The number of nitrogens with zero attached hydrogens (tertiary/aromatic N) is 3. The zero-order valence-corrected chi connectivity index (χ0v) is 11.5. The van der Waals surface area contributed by atoms with E-state index in [2.05, 4.69) is 15.4 Å². The molecule has 0 unspecified atom stereocenters. The van der Waals surface area contributed by atoms with Crippen molar-refractivity contribution in [3.63, 3.8) is 0 Å². The van der Waals surface area contributed by atoms with Crippen LogP contribution in [0.2, 0.25) is 0 Å². The summed E-state index contributed by atoms with van der Waals surface area (Å²) in [5, 5.41) is 8.70. The van der Waals surface area contributed by atoms with Gasteiger partial charge in [-0.3, -0.25) is 9.59 Å². The van der Waals surface area contributed by atoms with Crippen LogP contribution in [0.15, 0.2) is 28.5 Å². The predicted octanol–water partition coefficient (Wildman–Crippen LogP) is 1.35. The highest BCUT2D eigenvalue weighted by Gasteiger charge is 2.22. The van der Waals surface area contributed by atoms with Gasteiger partial charge in [0.15, 0.2) is 0 Å². The van der Waals surface area contributed by atoms with Crippen molar-refractivity contribution in [2.75, 3.05) is 18.6 Å². The van der Waals surface area contributed by atoms with E-state index in [1.54, 1.807) is 25.4 Å². The van der Waals surface area contributed by atoms with Crippen LogP contribution in [0.4, 0.5) is 5.69 Å². The largest absolute Gasteiger partial charge is 0.319 e. The third-order valence-corrected chi connectivity index (χ3v) is 3.39. The summed E-state index contributed by atoms with van der Waals surface area (Å²) in [6, 6.07) is 3.54. The minimum atomic E-state index is -0.289. The van der Waals surface area contributed by atoms with E-state index in [1.807, 2.05) is 6.26 Å². The van der Waals surface area contributed by atoms with Gasteiger partial charge in [-0.2, -0.15) is 5.10 Å². The zero-order valence-electron chi connectivity index (χ0n) is 10.7. The third-order valence-electron chi connectivity index (χ3n) is 2.68. The molecule has 19 heavy (non-hydrogen) atoms. The van der Waals surface area contributed by atoms with Crippen LogP contribution in [0.3, 0.4) is 0 Å². The first-order chi connectivity index (χ1) is 9.11. The maximum Gasteiger partial charge on any atom is 0.271 e. The molecule has 0 saturated heterocycles. The van der Waals surface area contributed by atoms with Gasteiger partial charge in [0, 0.05) is 26.1 Å². The molecule has 6 nitrogen and oxygen atoms in total. The lowest BCUT2D eigenvalue weighted by molar-refractivity contribution is -0.130. The molecular weight excluding hydrogens is 264 g/mol. The molecule has 0 aromatic carbocycles. The molecule has 0 radical (unpaired) electrons. The fourth-order valence-electron chi connectivity index (χ4n) is 1.68. The Bertz CT molecular complexity index is 544. The van der Waals surface area contributed by atoms with E-state index >= 15 is 0 Å². The van der Waals surface area contributed by atoms with Gasteiger partial charge in [-0.1, -0.05) is 0 Å². The Balaban J connectivity index is 2.13. The molecule has 1 aromatic heterocycles. The van der Waals surface area contributed by atoms with Gasteiger partial charge in [-0.25, -0.2) is 9.99 Å². The number of hydrazone groups is 1. The monoisotopic (exact) mass is 278 g/mol. The number of rotatable bonds is 3. The molecule has 2 amide bonds. The van der Waals surface area contributed by atoms with Crippen molar-refractivity contribution in [1.29, 1.82) is 0 Å². The van der Waals surface area contributed by atoms with Crippen molar-refractivity contribution in [3.8, 4) is 0 Å². The average molecular weight is 278 g/mol. The second-order valence-electron chi connectivity index (χ2n) is 3.98. The standard InChI is InChI=1S/C12H14N4O2S/c1-16-10(17)6-5-8(15-16)11(18)14-9-4-3-7-13-12(9)19-2/h3-4,7H,5-6H2,1-2H3,(H,14,18). The van der Waals surface area contributed by atoms with Crippen molar-refractivity contribution in [2.45, 2.75) is 17.9 Å². The molecule has 100 valence electrons. The lowest BCUT2D eigenvalue weighted by Gasteiger charge is -2.19. The van der Waals surface area contributed by atoms with Gasteiger partial charge in [0.2, 0.25) is 5.91 Å². The summed E-state index contributed by atoms with van der Waals surface area (Å²) in [5.41, 5.74) is 1.01. The third kappa shape index (κ3) is 3.11. The average Bonchev–Trinajstić information content (AvgIpc) is 2.42. The van der Waals surface area contributed by atoms with E-state index < -0.39 is 0 Å². The maximum atomic E-state index is 12.1. The first-order valence-corrected chi connectivity index (χ1v) is 6.98. The molecule has 1 N–H and O–H groups in total. The molecule has 0 fully saturated rings. The smallest absolute Gasteiger partial charge is 0.271 e. The number of aromatic nitrogens is 1. The molecule has 1 aromatic rings. The van der Waals surface area contributed by atoms with Gasteiger partial charge in [0.1, 0.15) is 10.7 Å². The minimum absolute atomic E-state index is 0.0808. The summed E-state index contributed by atoms with van der Waals surface area (Å²) in [6.45, 7) is 0. The number of thioether (sulfide) groups is 1. The highest BCUT2D eigenvalue weighted by atomic mass is 32.2. The lowest BCUT2D eigenvalue weighted by Crippen LogP contribution is -2.34. The molecule has 1 aliphatic rings. The van der Waals surface area contributed by atoms with Gasteiger partial charge >= 0.3 is 0 Å². The molecular formula is C12H14N4O2S. The van der Waals surface area contributed by atoms with Gasteiger partial charge < -0.3 is 5.32 Å². The number of pyridine rings is 1. The topological polar surface area (TPSA) is 74.7 Å². The summed E-state index contributed by atoms with van der Waals surface area (Å²) in [6.07, 6.45) is 4.24. The number of carbonyl (C=O) groups is 2. The van der Waals surface area contributed by atoms with Crippen LogP contribution >= 0.6 is 11.8 Å². The van der Waals surface area contributed by atoms with Gasteiger partial charge in [-0.15, -0.1) is 11.8 Å². The first kappa shape index (κ1) is 13.5. The molecule has 1 aliphatic heterocycles. The Morgan fingerprint density at radius 1 is 1.47 bits per heavy atom. The fourth-order valence-corrected chi connectivity index (χ4v) is 2.18. The van der Waals surface area contributed by atoms with E-state index in [4.69, 9.17) is 0 Å². The molecule has 0 saturated carbocycles. The molecule has 0 aliphatic carbocycles. The number of nitrogens with one attached hydrogen (secondary N) is 1. The van der Waals surface area contributed by atoms with Crippen LogP contribution in [-0.4, -0.2) is 40.8 Å². The van der Waals surface area contributed by atoms with E-state index in [0.717, 1.165) is 5.03 Å². The van der Waals surface area contributed by atoms with Crippen molar-refractivity contribution >= 4 is 35.0 Å². The van der Waals surface area contributed by atoms with E-state index in [9.17, 15) is 9.59 Å². The predicted molar refractivity (Wildman–Crippen MR) is 74.1 cm³/mol. The quantitative estimate of drug-likeness (QED) is 0.847. The number of anilines is 1. The lowest BCUT2D eigenvalue weighted by atomic mass is 10.1. The number of amides is 2. The van der Waals surface area contributed by atoms with Gasteiger partial charge in [0.25, 0.3) is 5.91 Å². The van der Waals surface area contributed by atoms with E-state index in [-0.39, 0.29) is 11.8 Å². The van der Waals surface area contributed by atoms with Gasteiger partial charge in [-0.05, 0) is 18.4 Å². The molecule has 2 heterocycles. The van der Waals surface area contributed by atoms with Crippen molar-refractivity contribution < 1.29 is 9.59 Å². The normalized spacial score (nSPS) is 15.2. The van der Waals surface area contributed by atoms with Crippen LogP contribution in [0, 0.1) is 0 Å². The summed E-state index contributed by atoms with van der Waals surface area (Å²) in [4.78, 5) is 27.5. The van der Waals surface area contributed by atoms with Gasteiger partial charge in [0.05, 0.1) is 5.69 Å². The Labute approximate surface area is 115 Å². The van der Waals surface area contributed by atoms with Crippen LogP contribution in [0.25, 0.3) is 0 Å². The summed E-state index contributed by atoms with van der Waals surface area (Å²) >= 11 is 1.45. The van der Waals surface area contributed by atoms with Crippen LogP contribution < -0.4 is 5.32 Å². The molecule has 2 rings (SSSR count). The van der Waals surface area contributed by atoms with Crippen molar-refractivity contribution in [3.05, 3.63) is 18.3 Å². The number of carbonyl (C=O) groups excluding carboxylic acids is 2.